The maximum Gasteiger partial charge on any atom is 0.514 e. The molecular formula is C26H39NO10. The van der Waals surface area contributed by atoms with E-state index < -0.39 is 36.4 Å². The van der Waals surface area contributed by atoms with Crippen LogP contribution in [0.3, 0.4) is 0 Å². The highest BCUT2D eigenvalue weighted by Gasteiger charge is 2.22. The van der Waals surface area contributed by atoms with Gasteiger partial charge >= 0.3 is 24.2 Å². The molecule has 4 atom stereocenters. The Hall–Kier alpha value is -3.34. The monoisotopic (exact) mass is 525 g/mol. The van der Waals surface area contributed by atoms with Crippen LogP contribution >= 0.6 is 0 Å². The molecule has 1 rings (SSSR count). The van der Waals surface area contributed by atoms with Gasteiger partial charge in [-0.25, -0.2) is 9.59 Å². The normalized spacial score (nSPS) is 14.1. The third-order valence-corrected chi connectivity index (χ3v) is 5.15. The second-order valence-corrected chi connectivity index (χ2v) is 9.00. The van der Waals surface area contributed by atoms with Crippen molar-refractivity contribution in [3.8, 4) is 11.5 Å². The lowest BCUT2D eigenvalue weighted by Crippen LogP contribution is -2.36. The van der Waals surface area contributed by atoms with Crippen molar-refractivity contribution in [2.75, 3.05) is 6.61 Å². The summed E-state index contributed by atoms with van der Waals surface area (Å²) in [5, 5.41) is 0. The van der Waals surface area contributed by atoms with Crippen LogP contribution < -0.4 is 15.2 Å². The zero-order valence-electron chi connectivity index (χ0n) is 22.6. The first-order chi connectivity index (χ1) is 17.4. The van der Waals surface area contributed by atoms with E-state index in [2.05, 4.69) is 0 Å². The Morgan fingerprint density at radius 1 is 0.757 bits per heavy atom. The zero-order valence-corrected chi connectivity index (χ0v) is 22.6. The summed E-state index contributed by atoms with van der Waals surface area (Å²) in [6.45, 7) is 12.0. The standard InChI is InChI=1S/C26H39NO10/c1-8-16(5)34-25(30)36-21-11-10-19(13-22(21)37-26(31)35-17(6)9-2)12-20(27)24(29)32-14-18(7)33-23(28)15(3)4/h10-11,13,15-18,20H,8-9,12,14,27H2,1-7H3/t16?,17?,18-,20-/m0/s1. The molecule has 0 saturated carbocycles. The molecule has 0 amide bonds. The largest absolute Gasteiger partial charge is 0.514 e. The highest BCUT2D eigenvalue weighted by atomic mass is 16.7. The third kappa shape index (κ3) is 12.0. The van der Waals surface area contributed by atoms with Gasteiger partial charge in [-0.1, -0.05) is 33.8 Å². The SMILES string of the molecule is CCC(C)OC(=O)Oc1ccc(C[C@H](N)C(=O)OC[C@H](C)OC(=O)C(C)C)cc1OC(=O)OC(C)CC. The van der Waals surface area contributed by atoms with Crippen LogP contribution in [0.5, 0.6) is 11.5 Å². The molecule has 0 fully saturated rings. The maximum atomic E-state index is 12.4. The van der Waals surface area contributed by atoms with Crippen LogP contribution in [-0.2, 0) is 35.0 Å². The molecule has 0 radical (unpaired) electrons. The second kappa shape index (κ2) is 15.7. The highest BCUT2D eigenvalue weighted by Crippen LogP contribution is 2.30. The molecule has 0 saturated heterocycles. The van der Waals surface area contributed by atoms with Crippen molar-refractivity contribution in [1.29, 1.82) is 0 Å². The van der Waals surface area contributed by atoms with E-state index >= 15 is 0 Å². The summed E-state index contributed by atoms with van der Waals surface area (Å²) in [6, 6.07) is 3.29. The summed E-state index contributed by atoms with van der Waals surface area (Å²) in [5.41, 5.74) is 6.49. The first-order valence-corrected chi connectivity index (χ1v) is 12.4. The van der Waals surface area contributed by atoms with Gasteiger partial charge in [0.05, 0.1) is 5.92 Å². The summed E-state index contributed by atoms with van der Waals surface area (Å²) in [6.07, 6.45) is -2.15. The van der Waals surface area contributed by atoms with Gasteiger partial charge in [0.2, 0.25) is 0 Å². The maximum absolute atomic E-state index is 12.4. The number of carbonyl (C=O) groups excluding carboxylic acids is 4. The van der Waals surface area contributed by atoms with Crippen LogP contribution in [0, 0.1) is 5.92 Å². The predicted molar refractivity (Wildman–Crippen MR) is 133 cm³/mol. The number of hydrogen-bond acceptors (Lipinski definition) is 11. The van der Waals surface area contributed by atoms with Gasteiger partial charge in [0.15, 0.2) is 11.5 Å². The first kappa shape index (κ1) is 31.7. The van der Waals surface area contributed by atoms with Crippen LogP contribution in [-0.4, -0.2) is 55.2 Å². The number of nitrogens with two attached hydrogens (primary N) is 1. The smallest absolute Gasteiger partial charge is 0.461 e. The van der Waals surface area contributed by atoms with Gasteiger partial charge in [0.1, 0.15) is 31.0 Å². The number of carbonyl (C=O) groups is 4. The fourth-order valence-corrected chi connectivity index (χ4v) is 2.58. The van der Waals surface area contributed by atoms with E-state index in [0.717, 1.165) is 0 Å². The van der Waals surface area contributed by atoms with E-state index in [1.807, 2.05) is 13.8 Å². The Morgan fingerprint density at radius 2 is 1.30 bits per heavy atom. The molecule has 0 spiro atoms. The molecule has 0 heterocycles. The molecule has 2 N–H and O–H groups in total. The van der Waals surface area contributed by atoms with Crippen molar-refractivity contribution in [3.63, 3.8) is 0 Å². The minimum absolute atomic E-state index is 0.0212. The van der Waals surface area contributed by atoms with Gasteiger partial charge in [-0.3, -0.25) is 9.59 Å². The molecule has 2 unspecified atom stereocenters. The minimum Gasteiger partial charge on any atom is -0.461 e. The van der Waals surface area contributed by atoms with Crippen molar-refractivity contribution < 1.29 is 47.6 Å². The van der Waals surface area contributed by atoms with Crippen molar-refractivity contribution in [2.45, 2.75) is 92.1 Å². The Kier molecular flexibility index (Phi) is 13.4. The predicted octanol–water partition coefficient (Wildman–Crippen LogP) is 4.32. The van der Waals surface area contributed by atoms with E-state index in [-0.39, 0.29) is 42.7 Å². The molecule has 37 heavy (non-hydrogen) atoms. The van der Waals surface area contributed by atoms with Crippen LogP contribution in [0.2, 0.25) is 0 Å². The number of hydrogen-bond donors (Lipinski definition) is 1. The summed E-state index contributed by atoms with van der Waals surface area (Å²) >= 11 is 0. The van der Waals surface area contributed by atoms with Crippen LogP contribution in [0.25, 0.3) is 0 Å². The lowest BCUT2D eigenvalue weighted by atomic mass is 10.1. The van der Waals surface area contributed by atoms with Crippen molar-refractivity contribution in [1.82, 2.24) is 0 Å². The van der Waals surface area contributed by atoms with Gasteiger partial charge in [-0.2, -0.15) is 0 Å². The van der Waals surface area contributed by atoms with Gasteiger partial charge in [0.25, 0.3) is 0 Å². The van der Waals surface area contributed by atoms with Gasteiger partial charge in [-0.15, -0.1) is 0 Å². The first-order valence-electron chi connectivity index (χ1n) is 12.4. The van der Waals surface area contributed by atoms with Crippen molar-refractivity contribution >= 4 is 24.2 Å². The summed E-state index contributed by atoms with van der Waals surface area (Å²) in [7, 11) is 0. The molecule has 11 heteroatoms. The van der Waals surface area contributed by atoms with Crippen LogP contribution in [0.15, 0.2) is 18.2 Å². The molecule has 0 aliphatic rings. The molecule has 11 nitrogen and oxygen atoms in total. The number of benzene rings is 1. The number of esters is 2. The Balaban J connectivity index is 2.92. The Morgan fingerprint density at radius 3 is 1.81 bits per heavy atom. The summed E-state index contributed by atoms with van der Waals surface area (Å²) in [4.78, 5) is 48.3. The molecule has 208 valence electrons. The van der Waals surface area contributed by atoms with E-state index in [9.17, 15) is 19.2 Å². The van der Waals surface area contributed by atoms with Crippen LogP contribution in [0.4, 0.5) is 9.59 Å². The highest BCUT2D eigenvalue weighted by molar-refractivity contribution is 5.76. The van der Waals surface area contributed by atoms with Crippen molar-refractivity contribution in [3.05, 3.63) is 23.8 Å². The van der Waals surface area contributed by atoms with Gasteiger partial charge in [0, 0.05) is 0 Å². The summed E-state index contributed by atoms with van der Waals surface area (Å²) in [5.74, 6) is -1.59. The van der Waals surface area contributed by atoms with Gasteiger partial charge < -0.3 is 34.2 Å². The fraction of sp³-hybridized carbons (Fsp3) is 0.615. The zero-order chi connectivity index (χ0) is 28.1. The van der Waals surface area contributed by atoms with E-state index in [4.69, 9.17) is 34.2 Å². The lowest BCUT2D eigenvalue weighted by Gasteiger charge is -2.18. The minimum atomic E-state index is -1.06. The Labute approximate surface area is 217 Å². The average molecular weight is 526 g/mol. The second-order valence-electron chi connectivity index (χ2n) is 9.00. The fourth-order valence-electron chi connectivity index (χ4n) is 2.58. The summed E-state index contributed by atoms with van der Waals surface area (Å²) < 4.78 is 31.0. The number of rotatable bonds is 13. The Bertz CT molecular complexity index is 917. The third-order valence-electron chi connectivity index (χ3n) is 5.15. The topological polar surface area (TPSA) is 150 Å². The average Bonchev–Trinajstić information content (AvgIpc) is 2.83. The lowest BCUT2D eigenvalue weighted by molar-refractivity contribution is -0.161. The number of ether oxygens (including phenoxy) is 6. The molecule has 0 aromatic heterocycles. The van der Waals surface area contributed by atoms with Crippen molar-refractivity contribution in [2.24, 2.45) is 11.7 Å². The van der Waals surface area contributed by atoms with E-state index in [1.54, 1.807) is 40.7 Å². The molecule has 0 bridgehead atoms. The van der Waals surface area contributed by atoms with Gasteiger partial charge in [-0.05, 0) is 57.7 Å². The molecule has 1 aromatic rings. The molecule has 1 aromatic carbocycles. The molecular weight excluding hydrogens is 486 g/mol. The molecule has 0 aliphatic carbocycles. The molecule has 0 aliphatic heterocycles. The van der Waals surface area contributed by atoms with E-state index in [1.165, 1.54) is 12.1 Å². The van der Waals surface area contributed by atoms with E-state index in [0.29, 0.717) is 18.4 Å². The van der Waals surface area contributed by atoms with Crippen LogP contribution in [0.1, 0.15) is 66.9 Å². The quantitative estimate of drug-likeness (QED) is 0.223.